The number of hydrogen-bond acceptors (Lipinski definition) is 5. The first-order chi connectivity index (χ1) is 6.43. The SMILES string of the molecule is C=CC(C)(OC(=O)O)OC(=O)OCC. The number of ether oxygens (including phenoxy) is 3. The highest BCUT2D eigenvalue weighted by atomic mass is 16.8. The second-order valence-electron chi connectivity index (χ2n) is 2.37. The molecule has 1 N–H and O–H groups in total. The summed E-state index contributed by atoms with van der Waals surface area (Å²) in [6.07, 6.45) is -1.55. The van der Waals surface area contributed by atoms with E-state index in [1.165, 1.54) is 6.92 Å². The first kappa shape index (κ1) is 12.3. The van der Waals surface area contributed by atoms with E-state index >= 15 is 0 Å². The standard InChI is InChI=1S/C8H12O6/c1-4-8(3,13-6(9)10)14-7(11)12-5-2/h4H,1,5H2,2-3H3,(H,9,10). The summed E-state index contributed by atoms with van der Waals surface area (Å²) in [6, 6.07) is 0. The van der Waals surface area contributed by atoms with Gasteiger partial charge < -0.3 is 19.3 Å². The molecule has 0 aliphatic heterocycles. The summed E-state index contributed by atoms with van der Waals surface area (Å²) in [5, 5.41) is 8.32. The van der Waals surface area contributed by atoms with E-state index in [0.29, 0.717) is 0 Å². The Hall–Kier alpha value is -1.72. The molecular weight excluding hydrogens is 192 g/mol. The van der Waals surface area contributed by atoms with E-state index < -0.39 is 18.1 Å². The van der Waals surface area contributed by atoms with E-state index in [4.69, 9.17) is 5.11 Å². The molecule has 0 heterocycles. The lowest BCUT2D eigenvalue weighted by molar-refractivity contribution is -0.141. The van der Waals surface area contributed by atoms with Gasteiger partial charge in [0, 0.05) is 6.92 Å². The summed E-state index contributed by atoms with van der Waals surface area (Å²) >= 11 is 0. The van der Waals surface area contributed by atoms with Gasteiger partial charge in [0.05, 0.1) is 6.61 Å². The highest BCUT2D eigenvalue weighted by molar-refractivity contribution is 5.62. The zero-order chi connectivity index (χ0) is 11.2. The molecule has 0 rings (SSSR count). The molecule has 0 amide bonds. The third kappa shape index (κ3) is 4.34. The summed E-state index contributed by atoms with van der Waals surface area (Å²) in [7, 11) is 0. The summed E-state index contributed by atoms with van der Waals surface area (Å²) in [5.74, 6) is -1.72. The van der Waals surface area contributed by atoms with Crippen LogP contribution in [0, 0.1) is 0 Å². The van der Waals surface area contributed by atoms with Crippen molar-refractivity contribution < 1.29 is 28.9 Å². The van der Waals surface area contributed by atoms with E-state index in [2.05, 4.69) is 20.8 Å². The van der Waals surface area contributed by atoms with E-state index in [0.717, 1.165) is 6.08 Å². The predicted octanol–water partition coefficient (Wildman–Crippen LogP) is 1.76. The smallest absolute Gasteiger partial charge is 0.450 e. The predicted molar refractivity (Wildman–Crippen MR) is 45.8 cm³/mol. The lowest BCUT2D eigenvalue weighted by atomic mass is 10.3. The minimum Gasteiger partial charge on any atom is -0.450 e. The second-order valence-corrected chi connectivity index (χ2v) is 2.37. The maximum atomic E-state index is 10.8. The molecule has 0 aromatic carbocycles. The summed E-state index contributed by atoms with van der Waals surface area (Å²) in [4.78, 5) is 21.0. The maximum absolute atomic E-state index is 10.8. The lowest BCUT2D eigenvalue weighted by Crippen LogP contribution is -2.34. The van der Waals surface area contributed by atoms with Crippen LogP contribution in [0.25, 0.3) is 0 Å². The highest BCUT2D eigenvalue weighted by Crippen LogP contribution is 2.14. The van der Waals surface area contributed by atoms with Gasteiger partial charge in [-0.1, -0.05) is 6.58 Å². The molecule has 0 saturated heterocycles. The van der Waals surface area contributed by atoms with Gasteiger partial charge in [0.1, 0.15) is 0 Å². The van der Waals surface area contributed by atoms with Crippen LogP contribution in [0.15, 0.2) is 12.7 Å². The Morgan fingerprint density at radius 3 is 2.43 bits per heavy atom. The molecule has 0 aliphatic rings. The molecule has 1 atom stereocenters. The van der Waals surface area contributed by atoms with Crippen LogP contribution >= 0.6 is 0 Å². The first-order valence-corrected chi connectivity index (χ1v) is 3.85. The molecule has 0 fully saturated rings. The van der Waals surface area contributed by atoms with Crippen molar-refractivity contribution in [3.63, 3.8) is 0 Å². The van der Waals surface area contributed by atoms with Crippen molar-refractivity contribution in [3.8, 4) is 0 Å². The Morgan fingerprint density at radius 2 is 2.07 bits per heavy atom. The quantitative estimate of drug-likeness (QED) is 0.426. The van der Waals surface area contributed by atoms with E-state index in [1.54, 1.807) is 6.92 Å². The Bertz CT molecular complexity index is 236. The van der Waals surface area contributed by atoms with Gasteiger partial charge in [0.25, 0.3) is 5.79 Å². The van der Waals surface area contributed by atoms with Crippen LogP contribution in [0.5, 0.6) is 0 Å². The third-order valence-electron chi connectivity index (χ3n) is 1.21. The van der Waals surface area contributed by atoms with Gasteiger partial charge in [-0.3, -0.25) is 0 Å². The topological polar surface area (TPSA) is 82.1 Å². The molecular formula is C8H12O6. The Morgan fingerprint density at radius 1 is 1.50 bits per heavy atom. The summed E-state index contributed by atoms with van der Waals surface area (Å²) in [5.41, 5.74) is 0. The van der Waals surface area contributed by atoms with E-state index in [1.807, 2.05) is 0 Å². The molecule has 80 valence electrons. The van der Waals surface area contributed by atoms with Gasteiger partial charge in [0.2, 0.25) is 0 Å². The van der Waals surface area contributed by atoms with E-state index in [-0.39, 0.29) is 6.61 Å². The van der Waals surface area contributed by atoms with Gasteiger partial charge in [0.15, 0.2) is 0 Å². The van der Waals surface area contributed by atoms with Crippen LogP contribution in [0.1, 0.15) is 13.8 Å². The molecule has 0 aromatic heterocycles. The van der Waals surface area contributed by atoms with Crippen LogP contribution in [-0.4, -0.2) is 29.8 Å². The van der Waals surface area contributed by atoms with Crippen LogP contribution in [0.3, 0.4) is 0 Å². The molecule has 0 spiro atoms. The van der Waals surface area contributed by atoms with E-state index in [9.17, 15) is 9.59 Å². The van der Waals surface area contributed by atoms with Gasteiger partial charge in [-0.05, 0) is 13.0 Å². The Balaban J connectivity index is 4.31. The molecule has 6 nitrogen and oxygen atoms in total. The van der Waals surface area contributed by atoms with Crippen molar-refractivity contribution in [2.75, 3.05) is 6.61 Å². The molecule has 1 unspecified atom stereocenters. The molecule has 0 aromatic rings. The van der Waals surface area contributed by atoms with Crippen molar-refractivity contribution in [3.05, 3.63) is 12.7 Å². The van der Waals surface area contributed by atoms with Crippen LogP contribution in [-0.2, 0) is 14.2 Å². The molecule has 0 bridgehead atoms. The average Bonchev–Trinajstić information content (AvgIpc) is 2.02. The minimum absolute atomic E-state index is 0.124. The van der Waals surface area contributed by atoms with Crippen LogP contribution in [0.2, 0.25) is 0 Å². The summed E-state index contributed by atoms with van der Waals surface area (Å²) in [6.45, 7) is 6.22. The van der Waals surface area contributed by atoms with Crippen molar-refractivity contribution in [1.82, 2.24) is 0 Å². The summed E-state index contributed by atoms with van der Waals surface area (Å²) < 4.78 is 13.3. The molecule has 0 aliphatic carbocycles. The van der Waals surface area contributed by atoms with Crippen molar-refractivity contribution in [1.29, 1.82) is 0 Å². The fourth-order valence-electron chi connectivity index (χ4n) is 0.590. The Kier molecular flexibility index (Phi) is 4.48. The van der Waals surface area contributed by atoms with Crippen LogP contribution < -0.4 is 0 Å². The van der Waals surface area contributed by atoms with Gasteiger partial charge in [-0.2, -0.15) is 0 Å². The molecule has 6 heteroatoms. The van der Waals surface area contributed by atoms with Crippen LogP contribution in [0.4, 0.5) is 9.59 Å². The largest absolute Gasteiger partial charge is 0.511 e. The molecule has 14 heavy (non-hydrogen) atoms. The number of carbonyl (C=O) groups excluding carboxylic acids is 1. The fourth-order valence-corrected chi connectivity index (χ4v) is 0.590. The minimum atomic E-state index is -1.72. The fraction of sp³-hybridized carbons (Fsp3) is 0.500. The van der Waals surface area contributed by atoms with Gasteiger partial charge in [-0.25, -0.2) is 9.59 Å². The van der Waals surface area contributed by atoms with Gasteiger partial charge >= 0.3 is 12.3 Å². The second kappa shape index (κ2) is 5.11. The normalized spacial score (nSPS) is 13.6. The molecule has 0 saturated carbocycles. The number of rotatable bonds is 4. The first-order valence-electron chi connectivity index (χ1n) is 3.85. The van der Waals surface area contributed by atoms with Crippen molar-refractivity contribution in [2.24, 2.45) is 0 Å². The Labute approximate surface area is 81.1 Å². The van der Waals surface area contributed by atoms with Gasteiger partial charge in [-0.15, -0.1) is 0 Å². The molecule has 0 radical (unpaired) electrons. The maximum Gasteiger partial charge on any atom is 0.511 e. The zero-order valence-corrected chi connectivity index (χ0v) is 7.98. The third-order valence-corrected chi connectivity index (χ3v) is 1.21. The number of hydrogen-bond donors (Lipinski definition) is 1. The average molecular weight is 204 g/mol. The zero-order valence-electron chi connectivity index (χ0n) is 7.98. The highest BCUT2D eigenvalue weighted by Gasteiger charge is 2.30. The number of carboxylic acid groups (broad SMARTS) is 1. The van der Waals surface area contributed by atoms with Crippen molar-refractivity contribution in [2.45, 2.75) is 19.6 Å². The lowest BCUT2D eigenvalue weighted by Gasteiger charge is -2.23. The monoisotopic (exact) mass is 204 g/mol. The number of carbonyl (C=O) groups is 2. The van der Waals surface area contributed by atoms with Crippen molar-refractivity contribution >= 4 is 12.3 Å².